The number of para-hydroxylation sites is 1. The molecule has 2 heterocycles. The van der Waals surface area contributed by atoms with Crippen LogP contribution in [0.25, 0.3) is 10.9 Å². The third-order valence-electron chi connectivity index (χ3n) is 13.9. The Morgan fingerprint density at radius 1 is 0.634 bits per heavy atom. The molecule has 13 heteroatoms. The number of unbranched alkanes of at least 4 members (excludes halogenated alkanes) is 1. The number of carbonyl (C=O) groups is 5. The van der Waals surface area contributed by atoms with Crippen molar-refractivity contribution in [1.29, 1.82) is 0 Å². The number of fused-ring (bicyclic) bond motifs is 2. The first-order valence-corrected chi connectivity index (χ1v) is 24.7. The maximum absolute atomic E-state index is 15.3. The van der Waals surface area contributed by atoms with Gasteiger partial charge in [0.15, 0.2) is 0 Å². The Labute approximate surface area is 415 Å². The average molecular weight is 957 g/mol. The first-order valence-electron chi connectivity index (χ1n) is 24.7. The molecule has 1 unspecified atom stereocenters. The topological polar surface area (TPSA) is 191 Å². The molecule has 1 fully saturated rings. The van der Waals surface area contributed by atoms with Gasteiger partial charge >= 0.3 is 0 Å². The number of amides is 5. The van der Waals surface area contributed by atoms with E-state index in [9.17, 15) is 19.5 Å². The summed E-state index contributed by atoms with van der Waals surface area (Å²) >= 11 is 0. The minimum Gasteiger partial charge on any atom is -0.508 e. The molecule has 8 atom stereocenters. The molecule has 0 saturated carbocycles. The van der Waals surface area contributed by atoms with Crippen molar-refractivity contribution in [3.05, 3.63) is 185 Å². The van der Waals surface area contributed by atoms with Crippen LogP contribution in [0.3, 0.4) is 0 Å². The van der Waals surface area contributed by atoms with Crippen molar-refractivity contribution in [2.24, 2.45) is 11.8 Å². The number of phenolic OH excluding ortho intramolecular Hbond substituents is 1. The van der Waals surface area contributed by atoms with Gasteiger partial charge in [-0.3, -0.25) is 24.0 Å². The summed E-state index contributed by atoms with van der Waals surface area (Å²) in [5.74, 6) is -3.77. The van der Waals surface area contributed by atoms with E-state index in [1.165, 1.54) is 12.1 Å². The van der Waals surface area contributed by atoms with E-state index in [4.69, 9.17) is 4.74 Å². The fraction of sp³-hybridized carbons (Fsp3) is 0.328. The van der Waals surface area contributed by atoms with E-state index in [0.29, 0.717) is 24.8 Å². The zero-order valence-electron chi connectivity index (χ0n) is 40.7. The predicted octanol–water partition coefficient (Wildman–Crippen LogP) is 7.29. The second-order valence-electron chi connectivity index (χ2n) is 19.1. The van der Waals surface area contributed by atoms with Gasteiger partial charge < -0.3 is 41.4 Å². The van der Waals surface area contributed by atoms with Crippen LogP contribution in [0, 0.1) is 11.8 Å². The zero-order valence-corrected chi connectivity index (χ0v) is 40.7. The lowest BCUT2D eigenvalue weighted by atomic mass is 9.78. The highest BCUT2D eigenvalue weighted by atomic mass is 16.5. The molecule has 1 aliphatic carbocycles. The highest BCUT2D eigenvalue weighted by molar-refractivity contribution is 5.97. The van der Waals surface area contributed by atoms with Crippen LogP contribution in [0.15, 0.2) is 157 Å². The molecule has 5 amide bonds. The van der Waals surface area contributed by atoms with Gasteiger partial charge in [-0.25, -0.2) is 0 Å². The summed E-state index contributed by atoms with van der Waals surface area (Å²) in [6.45, 7) is 7.60. The van der Waals surface area contributed by atoms with Crippen molar-refractivity contribution in [3.63, 3.8) is 0 Å². The summed E-state index contributed by atoms with van der Waals surface area (Å²) in [7, 11) is 0. The number of hydrogen-bond acceptors (Lipinski definition) is 7. The van der Waals surface area contributed by atoms with Gasteiger partial charge in [0.25, 0.3) is 0 Å². The molecule has 1 aliphatic heterocycles. The summed E-state index contributed by atoms with van der Waals surface area (Å²) in [4.78, 5) is 78.1. The maximum atomic E-state index is 15.3. The predicted molar refractivity (Wildman–Crippen MR) is 274 cm³/mol. The van der Waals surface area contributed by atoms with E-state index in [1.807, 2.05) is 142 Å². The molecule has 2 aliphatic rings. The van der Waals surface area contributed by atoms with Crippen LogP contribution < -0.4 is 26.6 Å². The molecule has 0 bridgehead atoms. The Balaban J connectivity index is 1.23. The van der Waals surface area contributed by atoms with Crippen molar-refractivity contribution >= 4 is 40.4 Å². The van der Waals surface area contributed by atoms with Gasteiger partial charge in [0.1, 0.15) is 35.5 Å². The normalized spacial score (nSPS) is 23.0. The van der Waals surface area contributed by atoms with Gasteiger partial charge in [0.2, 0.25) is 29.5 Å². The summed E-state index contributed by atoms with van der Waals surface area (Å²) in [5.41, 5.74) is 4.09. The molecule has 368 valence electrons. The number of aromatic nitrogens is 1. The smallest absolute Gasteiger partial charge is 0.245 e. The molecule has 6 aromatic rings. The van der Waals surface area contributed by atoms with Crippen LogP contribution >= 0.6 is 0 Å². The lowest BCUT2D eigenvalue weighted by Gasteiger charge is -2.41. The minimum atomic E-state index is -1.35. The Bertz CT molecular complexity index is 2740. The van der Waals surface area contributed by atoms with Crippen molar-refractivity contribution in [3.8, 4) is 5.75 Å². The van der Waals surface area contributed by atoms with Crippen LogP contribution in [0.2, 0.25) is 0 Å². The van der Waals surface area contributed by atoms with E-state index < -0.39 is 77.4 Å². The lowest BCUT2D eigenvalue weighted by Crippen LogP contribution is -2.63. The first kappa shape index (κ1) is 49.9. The van der Waals surface area contributed by atoms with Gasteiger partial charge in [0.05, 0.1) is 18.1 Å². The minimum absolute atomic E-state index is 0.0256. The molecule has 5 aromatic carbocycles. The summed E-state index contributed by atoms with van der Waals surface area (Å²) < 4.78 is 7.38. The van der Waals surface area contributed by atoms with E-state index in [2.05, 4.69) is 31.6 Å². The number of carbonyl (C=O) groups excluding carboxylic acids is 5. The van der Waals surface area contributed by atoms with Crippen molar-refractivity contribution in [2.45, 2.75) is 108 Å². The zero-order chi connectivity index (χ0) is 50.1. The molecule has 1 aromatic heterocycles. The van der Waals surface area contributed by atoms with E-state index in [1.54, 1.807) is 25.3 Å². The first-order chi connectivity index (χ1) is 34.3. The molecule has 0 spiro atoms. The summed E-state index contributed by atoms with van der Waals surface area (Å²) in [5, 5.41) is 26.2. The Morgan fingerprint density at radius 3 is 1.77 bits per heavy atom. The molecule has 71 heavy (non-hydrogen) atoms. The SMILES string of the molecule is CCCC[C@@H]1NC(=O)[C@@H](Cc2c[nH]c3ccccc23)NC(=O)[C@H](Cc2ccc(O)cc2)NC(=O)[C@H]2C[C@@H](C)C=C(C)[C@H]2NC(=O)[C@H](C(C)OC(c2ccccc2)(c2ccccc2)c2ccccc2)NC1=O. The Kier molecular flexibility index (Phi) is 15.8. The fourth-order valence-corrected chi connectivity index (χ4v) is 10.2. The summed E-state index contributed by atoms with van der Waals surface area (Å²) in [6.07, 6.45) is 4.70. The van der Waals surface area contributed by atoms with Gasteiger partial charge in [0, 0.05) is 29.9 Å². The molecule has 0 radical (unpaired) electrons. The van der Waals surface area contributed by atoms with Crippen LogP contribution in [0.4, 0.5) is 0 Å². The molecular weight excluding hydrogens is 893 g/mol. The second-order valence-corrected chi connectivity index (χ2v) is 19.1. The number of benzene rings is 5. The fourth-order valence-electron chi connectivity index (χ4n) is 10.2. The number of rotatable bonds is 13. The third-order valence-corrected chi connectivity index (χ3v) is 13.9. The average Bonchev–Trinajstić information content (AvgIpc) is 3.79. The van der Waals surface area contributed by atoms with Crippen LogP contribution in [0.1, 0.15) is 81.2 Å². The number of phenols is 1. The van der Waals surface area contributed by atoms with Crippen molar-refractivity contribution < 1.29 is 33.8 Å². The van der Waals surface area contributed by atoms with E-state index >= 15 is 9.59 Å². The number of allylic oxidation sites excluding steroid dienone is 1. The van der Waals surface area contributed by atoms with E-state index in [0.717, 1.165) is 38.7 Å². The van der Waals surface area contributed by atoms with Crippen LogP contribution in [-0.4, -0.2) is 75.9 Å². The maximum Gasteiger partial charge on any atom is 0.245 e. The van der Waals surface area contributed by atoms with Gasteiger partial charge in [-0.2, -0.15) is 0 Å². The molecule has 13 nitrogen and oxygen atoms in total. The van der Waals surface area contributed by atoms with Gasteiger partial charge in [-0.05, 0) is 78.6 Å². The van der Waals surface area contributed by atoms with Crippen molar-refractivity contribution in [1.82, 2.24) is 31.6 Å². The largest absolute Gasteiger partial charge is 0.508 e. The van der Waals surface area contributed by atoms with Crippen LogP contribution in [-0.2, 0) is 47.2 Å². The quantitative estimate of drug-likeness (QED) is 0.0467. The molecule has 1 saturated heterocycles. The third kappa shape index (κ3) is 11.4. The highest BCUT2D eigenvalue weighted by Gasteiger charge is 2.45. The highest BCUT2D eigenvalue weighted by Crippen LogP contribution is 2.42. The summed E-state index contributed by atoms with van der Waals surface area (Å²) in [6, 6.07) is 37.5. The van der Waals surface area contributed by atoms with Crippen LogP contribution in [0.5, 0.6) is 5.75 Å². The van der Waals surface area contributed by atoms with Gasteiger partial charge in [-0.1, -0.05) is 160 Å². The molecule has 8 rings (SSSR count). The number of nitrogens with one attached hydrogen (secondary N) is 6. The number of ether oxygens (including phenoxy) is 1. The standard InChI is InChI=1S/C58H64N6O7/c1-5-6-25-48-54(67)64-52(38(4)71-58(41-18-10-7-11-19-41,42-20-12-8-13-21-42)43-22-14-9-15-23-43)57(70)63-51-37(3)31-36(2)32-46(51)53(66)61-49(33-39-27-29-44(65)30-28-39)55(68)62-50(56(69)60-48)34-40-35-59-47-26-17-16-24-45(40)47/h7-24,26-31,35-36,38,46,48-52,59,65H,5-6,25,32-34H2,1-4H3,(H,60,69)(H,61,66)(H,62,68)(H,63,70)(H,64,67)/t36-,38?,46-,48-,49-,50+,51+,52-/m0/s1. The monoisotopic (exact) mass is 956 g/mol. The van der Waals surface area contributed by atoms with Gasteiger partial charge in [-0.15, -0.1) is 0 Å². The Morgan fingerprint density at radius 2 is 1.17 bits per heavy atom. The van der Waals surface area contributed by atoms with Crippen molar-refractivity contribution in [2.75, 3.05) is 0 Å². The number of hydrogen-bond donors (Lipinski definition) is 7. The second kappa shape index (κ2) is 22.5. The van der Waals surface area contributed by atoms with E-state index in [-0.39, 0.29) is 30.9 Å². The molecule has 7 N–H and O–H groups in total. The number of H-pyrrole nitrogens is 1. The Hall–Kier alpha value is -7.51. The number of aromatic hydroxyl groups is 1. The molecular formula is C58H64N6O7. The lowest BCUT2D eigenvalue weighted by molar-refractivity contribution is -0.140. The number of aromatic amines is 1.